The third kappa shape index (κ3) is 3.03. The van der Waals surface area contributed by atoms with Crippen LogP contribution in [0.4, 0.5) is 0 Å². The van der Waals surface area contributed by atoms with E-state index in [9.17, 15) is 13.5 Å². The van der Waals surface area contributed by atoms with Gasteiger partial charge in [-0.1, -0.05) is 6.07 Å². The second kappa shape index (κ2) is 4.24. The van der Waals surface area contributed by atoms with Crippen molar-refractivity contribution in [2.24, 2.45) is 0 Å². The smallest absolute Gasteiger partial charge is 0.150 e. The molecular formula is C13H18O4S. The van der Waals surface area contributed by atoms with Crippen molar-refractivity contribution in [3.8, 4) is 5.75 Å². The van der Waals surface area contributed by atoms with Gasteiger partial charge in [0.15, 0.2) is 0 Å². The van der Waals surface area contributed by atoms with Crippen LogP contribution in [-0.4, -0.2) is 31.1 Å². The van der Waals surface area contributed by atoms with Gasteiger partial charge in [-0.15, -0.1) is 0 Å². The summed E-state index contributed by atoms with van der Waals surface area (Å²) in [6.45, 7) is 4.00. The largest absolute Gasteiger partial charge is 0.487 e. The number of aliphatic hydroxyl groups is 1. The Hall–Kier alpha value is -1.07. The molecule has 2 rings (SSSR count). The maximum Gasteiger partial charge on any atom is 0.150 e. The van der Waals surface area contributed by atoms with Crippen molar-refractivity contribution in [1.29, 1.82) is 0 Å². The van der Waals surface area contributed by atoms with Crippen LogP contribution in [0.2, 0.25) is 0 Å². The summed E-state index contributed by atoms with van der Waals surface area (Å²) in [4.78, 5) is 0. The molecule has 5 heteroatoms. The van der Waals surface area contributed by atoms with Crippen LogP contribution in [-0.2, 0) is 16.3 Å². The molecule has 1 atom stereocenters. The SMILES string of the molecule is CC1(C)Cc2cc(C(O)CS(C)(=O)=O)ccc2O1. The van der Waals surface area contributed by atoms with E-state index in [1.807, 2.05) is 19.9 Å². The number of hydrogen-bond donors (Lipinski definition) is 1. The first-order chi connectivity index (χ1) is 8.16. The molecule has 18 heavy (non-hydrogen) atoms. The van der Waals surface area contributed by atoms with Gasteiger partial charge in [0.1, 0.15) is 21.2 Å². The molecule has 1 heterocycles. The average molecular weight is 270 g/mol. The molecule has 1 unspecified atom stereocenters. The van der Waals surface area contributed by atoms with Gasteiger partial charge in [-0.25, -0.2) is 8.42 Å². The molecule has 1 aromatic rings. The Labute approximate surface area is 108 Å². The van der Waals surface area contributed by atoms with E-state index in [-0.39, 0.29) is 11.4 Å². The quantitative estimate of drug-likeness (QED) is 0.903. The summed E-state index contributed by atoms with van der Waals surface area (Å²) in [7, 11) is -3.19. The lowest BCUT2D eigenvalue weighted by Crippen LogP contribution is -2.24. The van der Waals surface area contributed by atoms with Crippen molar-refractivity contribution < 1.29 is 18.3 Å². The van der Waals surface area contributed by atoms with Gasteiger partial charge >= 0.3 is 0 Å². The predicted octanol–water partition coefficient (Wildman–Crippen LogP) is 1.48. The topological polar surface area (TPSA) is 63.6 Å². The lowest BCUT2D eigenvalue weighted by atomic mass is 9.99. The fourth-order valence-corrected chi connectivity index (χ4v) is 2.99. The summed E-state index contributed by atoms with van der Waals surface area (Å²) < 4.78 is 28.1. The van der Waals surface area contributed by atoms with E-state index in [0.29, 0.717) is 5.56 Å². The lowest BCUT2D eigenvalue weighted by Gasteiger charge is -2.16. The fourth-order valence-electron chi connectivity index (χ4n) is 2.22. The van der Waals surface area contributed by atoms with Crippen LogP contribution < -0.4 is 4.74 Å². The molecule has 0 aliphatic carbocycles. The number of benzene rings is 1. The van der Waals surface area contributed by atoms with Gasteiger partial charge in [0.25, 0.3) is 0 Å². The third-order valence-electron chi connectivity index (χ3n) is 2.93. The number of fused-ring (bicyclic) bond motifs is 1. The third-order valence-corrected chi connectivity index (χ3v) is 3.85. The first kappa shape index (κ1) is 13.4. The predicted molar refractivity (Wildman–Crippen MR) is 69.5 cm³/mol. The maximum absolute atomic E-state index is 11.2. The Balaban J connectivity index is 2.24. The molecule has 4 nitrogen and oxygen atoms in total. The second-order valence-electron chi connectivity index (χ2n) is 5.51. The Morgan fingerprint density at radius 2 is 2.11 bits per heavy atom. The standard InChI is InChI=1S/C13H18O4S/c1-13(2)7-10-6-9(4-5-12(10)17-13)11(14)8-18(3,15)16/h4-6,11,14H,7-8H2,1-3H3. The zero-order chi connectivity index (χ0) is 13.6. The van der Waals surface area contributed by atoms with Crippen LogP contribution in [0.3, 0.4) is 0 Å². The maximum atomic E-state index is 11.2. The molecule has 0 bridgehead atoms. The molecule has 1 aromatic carbocycles. The Bertz CT molecular complexity index is 560. The van der Waals surface area contributed by atoms with E-state index < -0.39 is 15.9 Å². The number of ether oxygens (including phenoxy) is 1. The van der Waals surface area contributed by atoms with Gasteiger partial charge in [-0.3, -0.25) is 0 Å². The van der Waals surface area contributed by atoms with Crippen LogP contribution >= 0.6 is 0 Å². The molecule has 100 valence electrons. The van der Waals surface area contributed by atoms with E-state index in [1.165, 1.54) is 0 Å². The molecule has 1 aliphatic heterocycles. The highest BCUT2D eigenvalue weighted by Gasteiger charge is 2.30. The summed E-state index contributed by atoms with van der Waals surface area (Å²) in [5.41, 5.74) is 1.41. The minimum absolute atomic E-state index is 0.233. The average Bonchev–Trinajstić information content (AvgIpc) is 2.47. The summed E-state index contributed by atoms with van der Waals surface area (Å²) in [6.07, 6.45) is 0.909. The zero-order valence-corrected chi connectivity index (χ0v) is 11.6. The number of rotatable bonds is 3. The van der Waals surface area contributed by atoms with Gasteiger partial charge in [0.05, 0.1) is 11.9 Å². The molecule has 0 radical (unpaired) electrons. The number of aliphatic hydroxyl groups excluding tert-OH is 1. The van der Waals surface area contributed by atoms with Crippen molar-refractivity contribution in [1.82, 2.24) is 0 Å². The van der Waals surface area contributed by atoms with Crippen molar-refractivity contribution >= 4 is 9.84 Å². The van der Waals surface area contributed by atoms with E-state index in [4.69, 9.17) is 4.74 Å². The minimum Gasteiger partial charge on any atom is -0.487 e. The van der Waals surface area contributed by atoms with Gasteiger partial charge < -0.3 is 9.84 Å². The first-order valence-electron chi connectivity index (χ1n) is 5.84. The molecule has 1 N–H and O–H groups in total. The Morgan fingerprint density at radius 3 is 2.72 bits per heavy atom. The fraction of sp³-hybridized carbons (Fsp3) is 0.538. The van der Waals surface area contributed by atoms with E-state index >= 15 is 0 Å². The van der Waals surface area contributed by atoms with E-state index in [2.05, 4.69) is 0 Å². The molecule has 0 saturated heterocycles. The summed E-state index contributed by atoms with van der Waals surface area (Å²) in [5.74, 6) is 0.561. The van der Waals surface area contributed by atoms with Crippen molar-refractivity contribution in [3.05, 3.63) is 29.3 Å². The van der Waals surface area contributed by atoms with Crippen molar-refractivity contribution in [2.45, 2.75) is 32.0 Å². The van der Waals surface area contributed by atoms with Gasteiger partial charge in [-0.05, 0) is 37.1 Å². The molecular weight excluding hydrogens is 252 g/mol. The number of sulfone groups is 1. The Kier molecular flexibility index (Phi) is 3.15. The second-order valence-corrected chi connectivity index (χ2v) is 7.70. The molecule has 0 spiro atoms. The molecule has 0 aromatic heterocycles. The summed E-state index contributed by atoms with van der Waals surface area (Å²) >= 11 is 0. The van der Waals surface area contributed by atoms with E-state index in [1.54, 1.807) is 12.1 Å². The highest BCUT2D eigenvalue weighted by Crippen LogP contribution is 2.36. The van der Waals surface area contributed by atoms with Crippen LogP contribution in [0.1, 0.15) is 31.1 Å². The van der Waals surface area contributed by atoms with Crippen molar-refractivity contribution in [3.63, 3.8) is 0 Å². The summed E-state index contributed by atoms with van der Waals surface area (Å²) in [6, 6.07) is 5.35. The molecule has 1 aliphatic rings. The monoisotopic (exact) mass is 270 g/mol. The van der Waals surface area contributed by atoms with Crippen LogP contribution in [0, 0.1) is 0 Å². The van der Waals surface area contributed by atoms with Gasteiger partial charge in [0.2, 0.25) is 0 Å². The van der Waals surface area contributed by atoms with E-state index in [0.717, 1.165) is 24.0 Å². The molecule has 0 saturated carbocycles. The van der Waals surface area contributed by atoms with Crippen LogP contribution in [0.5, 0.6) is 5.75 Å². The van der Waals surface area contributed by atoms with Crippen LogP contribution in [0.15, 0.2) is 18.2 Å². The minimum atomic E-state index is -3.19. The van der Waals surface area contributed by atoms with Gasteiger partial charge in [-0.2, -0.15) is 0 Å². The highest BCUT2D eigenvalue weighted by atomic mass is 32.2. The molecule has 0 amide bonds. The lowest BCUT2D eigenvalue weighted by molar-refractivity contribution is 0.138. The van der Waals surface area contributed by atoms with Crippen molar-refractivity contribution in [2.75, 3.05) is 12.0 Å². The summed E-state index contributed by atoms with van der Waals surface area (Å²) in [5, 5.41) is 9.90. The first-order valence-corrected chi connectivity index (χ1v) is 7.90. The Morgan fingerprint density at radius 1 is 1.44 bits per heavy atom. The normalized spacial score (nSPS) is 19.1. The molecule has 0 fully saturated rings. The number of hydrogen-bond acceptors (Lipinski definition) is 4. The van der Waals surface area contributed by atoms with Gasteiger partial charge in [0, 0.05) is 12.7 Å². The highest BCUT2D eigenvalue weighted by molar-refractivity contribution is 7.90. The van der Waals surface area contributed by atoms with Crippen LogP contribution in [0.25, 0.3) is 0 Å². The zero-order valence-electron chi connectivity index (χ0n) is 10.8.